The maximum Gasteiger partial charge on any atom is 0.573 e. The lowest BCUT2D eigenvalue weighted by Gasteiger charge is -2.17. The highest BCUT2D eigenvalue weighted by molar-refractivity contribution is 7.22. The molecule has 148 valence electrons. The van der Waals surface area contributed by atoms with Crippen molar-refractivity contribution in [1.82, 2.24) is 4.98 Å². The van der Waals surface area contributed by atoms with E-state index in [0.717, 1.165) is 27.4 Å². The van der Waals surface area contributed by atoms with Crippen molar-refractivity contribution in [3.8, 4) is 5.75 Å². The highest BCUT2D eigenvalue weighted by atomic mass is 32.1. The highest BCUT2D eigenvalue weighted by Crippen LogP contribution is 2.33. The van der Waals surface area contributed by atoms with Crippen molar-refractivity contribution in [2.45, 2.75) is 20.2 Å². The first kappa shape index (κ1) is 19.9. The van der Waals surface area contributed by atoms with Crippen LogP contribution in [0.15, 0.2) is 36.4 Å². The van der Waals surface area contributed by atoms with Gasteiger partial charge in [-0.3, -0.25) is 4.79 Å². The smallest absolute Gasteiger partial charge is 0.404 e. The van der Waals surface area contributed by atoms with Gasteiger partial charge in [0, 0.05) is 7.05 Å². The number of likely N-dealkylation sites (N-methyl/N-ethyl adjacent to an activating group) is 1. The average molecular weight is 409 g/mol. The molecule has 5 nitrogen and oxygen atoms in total. The molecule has 3 aromatic rings. The number of benzene rings is 2. The van der Waals surface area contributed by atoms with Crippen LogP contribution in [0, 0.1) is 13.8 Å². The Labute approximate surface area is 163 Å². The summed E-state index contributed by atoms with van der Waals surface area (Å²) in [6, 6.07) is 9.42. The molecule has 1 aromatic heterocycles. The topological polar surface area (TPSA) is 54.5 Å². The van der Waals surface area contributed by atoms with Gasteiger partial charge in [0.15, 0.2) is 10.9 Å². The summed E-state index contributed by atoms with van der Waals surface area (Å²) in [6.45, 7) is 3.89. The predicted molar refractivity (Wildman–Crippen MR) is 104 cm³/mol. The molecule has 0 fully saturated rings. The van der Waals surface area contributed by atoms with Gasteiger partial charge in [-0.25, -0.2) is 4.98 Å². The second-order valence-electron chi connectivity index (χ2n) is 6.32. The Kier molecular flexibility index (Phi) is 5.46. The van der Waals surface area contributed by atoms with Gasteiger partial charge < -0.3 is 15.0 Å². The first-order valence-corrected chi connectivity index (χ1v) is 9.18. The first-order valence-electron chi connectivity index (χ1n) is 8.36. The lowest BCUT2D eigenvalue weighted by Crippen LogP contribution is -2.30. The maximum atomic E-state index is 12.5. The van der Waals surface area contributed by atoms with Crippen molar-refractivity contribution >= 4 is 38.3 Å². The first-order chi connectivity index (χ1) is 13.1. The van der Waals surface area contributed by atoms with Gasteiger partial charge in [0.1, 0.15) is 0 Å². The number of aromatic nitrogens is 1. The number of nitrogens with one attached hydrogen (secondary N) is 1. The molecule has 1 heterocycles. The quantitative estimate of drug-likeness (QED) is 0.652. The van der Waals surface area contributed by atoms with E-state index in [4.69, 9.17) is 0 Å². The number of hydrogen-bond donors (Lipinski definition) is 1. The second-order valence-corrected chi connectivity index (χ2v) is 7.30. The third-order valence-electron chi connectivity index (χ3n) is 4.03. The van der Waals surface area contributed by atoms with Gasteiger partial charge in [-0.2, -0.15) is 0 Å². The standard InChI is InChI=1S/C19H18F3N3O2S/c1-11-8-9-12(2)17-16(11)24-18(28-17)25(3)10-15(26)23-13-6-4-5-7-14(13)27-19(20,21)22/h4-9H,10H2,1-3H3,(H,23,26). The summed E-state index contributed by atoms with van der Waals surface area (Å²) in [5.41, 5.74) is 2.98. The Balaban J connectivity index is 1.74. The summed E-state index contributed by atoms with van der Waals surface area (Å²) in [5.74, 6) is -0.939. The molecule has 3 rings (SSSR count). The fourth-order valence-electron chi connectivity index (χ4n) is 2.67. The molecule has 2 aromatic carbocycles. The lowest BCUT2D eigenvalue weighted by molar-refractivity contribution is -0.274. The van der Waals surface area contributed by atoms with Gasteiger partial charge >= 0.3 is 6.36 Å². The maximum absolute atomic E-state index is 12.5. The van der Waals surface area contributed by atoms with E-state index >= 15 is 0 Å². The van der Waals surface area contributed by atoms with Crippen LogP contribution in [0.5, 0.6) is 5.75 Å². The van der Waals surface area contributed by atoms with Crippen LogP contribution in [0.2, 0.25) is 0 Å². The Morgan fingerprint density at radius 2 is 1.86 bits per heavy atom. The summed E-state index contributed by atoms with van der Waals surface area (Å²) in [7, 11) is 1.71. The van der Waals surface area contributed by atoms with E-state index in [9.17, 15) is 18.0 Å². The molecule has 0 aliphatic carbocycles. The SMILES string of the molecule is Cc1ccc(C)c2sc(N(C)CC(=O)Nc3ccccc3OC(F)(F)F)nc12. The van der Waals surface area contributed by atoms with Crippen LogP contribution in [-0.4, -0.2) is 30.8 Å². The zero-order chi connectivity index (χ0) is 20.5. The number of alkyl halides is 3. The Hall–Kier alpha value is -2.81. The Bertz CT molecular complexity index is 978. The Morgan fingerprint density at radius 1 is 1.18 bits per heavy atom. The fourth-order valence-corrected chi connectivity index (χ4v) is 3.74. The Morgan fingerprint density at radius 3 is 2.54 bits per heavy atom. The molecule has 0 saturated heterocycles. The number of nitrogens with zero attached hydrogens (tertiary/aromatic N) is 2. The van der Waals surface area contributed by atoms with Crippen molar-refractivity contribution in [3.63, 3.8) is 0 Å². The third kappa shape index (κ3) is 4.53. The fraction of sp³-hybridized carbons (Fsp3) is 0.263. The number of halogens is 3. The van der Waals surface area contributed by atoms with E-state index in [1.54, 1.807) is 11.9 Å². The number of ether oxygens (including phenoxy) is 1. The van der Waals surface area contributed by atoms with E-state index in [2.05, 4.69) is 15.0 Å². The van der Waals surface area contributed by atoms with Crippen molar-refractivity contribution in [3.05, 3.63) is 47.5 Å². The van der Waals surface area contributed by atoms with Gasteiger partial charge in [0.2, 0.25) is 5.91 Å². The van der Waals surface area contributed by atoms with E-state index in [1.807, 2.05) is 26.0 Å². The molecule has 0 spiro atoms. The molecule has 0 saturated carbocycles. The summed E-state index contributed by atoms with van der Waals surface area (Å²) in [6.07, 6.45) is -4.84. The van der Waals surface area contributed by atoms with E-state index < -0.39 is 18.0 Å². The van der Waals surface area contributed by atoms with E-state index in [0.29, 0.717) is 5.13 Å². The van der Waals surface area contributed by atoms with Gasteiger partial charge in [-0.15, -0.1) is 13.2 Å². The summed E-state index contributed by atoms with van der Waals surface area (Å²) in [5, 5.41) is 3.12. The minimum Gasteiger partial charge on any atom is -0.404 e. The van der Waals surface area contributed by atoms with Crippen LogP contribution < -0.4 is 15.0 Å². The molecule has 0 aliphatic heterocycles. The van der Waals surface area contributed by atoms with Crippen molar-refractivity contribution in [2.24, 2.45) is 0 Å². The number of aryl methyl sites for hydroxylation is 2. The number of carbonyl (C=O) groups is 1. The molecule has 1 N–H and O–H groups in total. The molecule has 0 atom stereocenters. The van der Waals surface area contributed by atoms with Gasteiger partial charge in [0.05, 0.1) is 22.4 Å². The zero-order valence-corrected chi connectivity index (χ0v) is 16.2. The van der Waals surface area contributed by atoms with Crippen LogP contribution in [0.4, 0.5) is 24.0 Å². The summed E-state index contributed by atoms with van der Waals surface area (Å²) in [4.78, 5) is 18.6. The van der Waals surface area contributed by atoms with Crippen LogP contribution in [0.1, 0.15) is 11.1 Å². The van der Waals surface area contributed by atoms with Crippen LogP contribution in [0.3, 0.4) is 0 Å². The monoisotopic (exact) mass is 409 g/mol. The minimum absolute atomic E-state index is 0.0470. The van der Waals surface area contributed by atoms with Crippen LogP contribution in [0.25, 0.3) is 10.2 Å². The molecule has 28 heavy (non-hydrogen) atoms. The number of carbonyl (C=O) groups excluding carboxylic acids is 1. The molecule has 0 radical (unpaired) electrons. The molecule has 9 heteroatoms. The number of amides is 1. The highest BCUT2D eigenvalue weighted by Gasteiger charge is 2.32. The third-order valence-corrected chi connectivity index (χ3v) is 5.33. The number of para-hydroxylation sites is 2. The second kappa shape index (κ2) is 7.67. The molecule has 0 aliphatic rings. The zero-order valence-electron chi connectivity index (χ0n) is 15.4. The van der Waals surface area contributed by atoms with Crippen molar-refractivity contribution in [1.29, 1.82) is 0 Å². The number of thiazole rings is 1. The van der Waals surface area contributed by atoms with Gasteiger partial charge in [-0.05, 0) is 37.1 Å². The largest absolute Gasteiger partial charge is 0.573 e. The lowest BCUT2D eigenvalue weighted by atomic mass is 10.1. The van der Waals surface area contributed by atoms with E-state index in [-0.39, 0.29) is 12.2 Å². The van der Waals surface area contributed by atoms with Gasteiger partial charge in [-0.1, -0.05) is 35.6 Å². The van der Waals surface area contributed by atoms with Crippen molar-refractivity contribution < 1.29 is 22.7 Å². The molecule has 1 amide bonds. The number of hydrogen-bond acceptors (Lipinski definition) is 5. The summed E-state index contributed by atoms with van der Waals surface area (Å²) < 4.78 is 42.5. The normalized spacial score (nSPS) is 11.5. The molecular weight excluding hydrogens is 391 g/mol. The predicted octanol–water partition coefficient (Wildman–Crippen LogP) is 4.89. The number of rotatable bonds is 5. The van der Waals surface area contributed by atoms with Crippen LogP contribution >= 0.6 is 11.3 Å². The van der Waals surface area contributed by atoms with Gasteiger partial charge in [0.25, 0.3) is 0 Å². The number of anilines is 2. The molecule has 0 unspecified atom stereocenters. The minimum atomic E-state index is -4.84. The average Bonchev–Trinajstić information content (AvgIpc) is 3.05. The molecule has 0 bridgehead atoms. The summed E-state index contributed by atoms with van der Waals surface area (Å²) >= 11 is 1.47. The van der Waals surface area contributed by atoms with Crippen LogP contribution in [-0.2, 0) is 4.79 Å². The van der Waals surface area contributed by atoms with E-state index in [1.165, 1.54) is 29.5 Å². The number of fused-ring (bicyclic) bond motifs is 1. The van der Waals surface area contributed by atoms with Crippen molar-refractivity contribution in [2.75, 3.05) is 23.8 Å². The molecular formula is C19H18F3N3O2S.